The van der Waals surface area contributed by atoms with Crippen LogP contribution < -0.4 is 20.5 Å². The lowest BCUT2D eigenvalue weighted by Gasteiger charge is -2.24. The predicted octanol–water partition coefficient (Wildman–Crippen LogP) is 1.72. The Bertz CT molecular complexity index is 1730. The maximum absolute atomic E-state index is 13.4. The van der Waals surface area contributed by atoms with Crippen molar-refractivity contribution in [3.8, 4) is 6.07 Å². The Morgan fingerprint density at radius 3 is 2.46 bits per heavy atom. The van der Waals surface area contributed by atoms with Crippen LogP contribution in [0.3, 0.4) is 0 Å². The molecule has 1 aromatic heterocycles. The number of nitro benzene ring substituents is 2. The third kappa shape index (κ3) is 4.48. The van der Waals surface area contributed by atoms with Gasteiger partial charge in [0.05, 0.1) is 44.1 Å². The van der Waals surface area contributed by atoms with Gasteiger partial charge in [0.25, 0.3) is 16.9 Å². The number of ether oxygens (including phenoxy) is 1. The number of non-ortho nitro benzene ring substituents is 2. The van der Waals surface area contributed by atoms with Gasteiger partial charge in [-0.15, -0.1) is 11.3 Å². The maximum Gasteiger partial charge on any atom is 0.338 e. The minimum Gasteiger partial charge on any atom is -0.463 e. The molecular weight excluding hydrogens is 502 g/mol. The molecule has 2 heterocycles. The molecule has 12 nitrogen and oxygen atoms in total. The summed E-state index contributed by atoms with van der Waals surface area (Å²) in [6, 6.07) is 13.0. The zero-order chi connectivity index (χ0) is 26.9. The summed E-state index contributed by atoms with van der Waals surface area (Å²) < 4.78 is 6.43. The molecule has 3 aromatic rings. The fourth-order valence-corrected chi connectivity index (χ4v) is 5.15. The van der Waals surface area contributed by atoms with Gasteiger partial charge >= 0.3 is 5.97 Å². The molecule has 0 fully saturated rings. The number of hydrogen-bond acceptors (Lipinski definition) is 10. The quantitative estimate of drug-likeness (QED) is 0.288. The molecule has 0 unspecified atom stereocenters. The minimum absolute atomic E-state index is 0.00660. The van der Waals surface area contributed by atoms with E-state index in [4.69, 9.17) is 10.5 Å². The van der Waals surface area contributed by atoms with Crippen molar-refractivity contribution in [2.75, 3.05) is 6.61 Å². The topological polar surface area (TPSA) is 184 Å². The van der Waals surface area contributed by atoms with Gasteiger partial charge in [0.15, 0.2) is 0 Å². The van der Waals surface area contributed by atoms with Crippen molar-refractivity contribution in [3.05, 3.63) is 105 Å². The Balaban J connectivity index is 2.08. The number of carbonyl (C=O) groups excluding carboxylic acids is 1. The van der Waals surface area contributed by atoms with Gasteiger partial charge in [-0.25, -0.2) is 4.79 Å². The van der Waals surface area contributed by atoms with Crippen molar-refractivity contribution in [3.63, 3.8) is 0 Å². The van der Waals surface area contributed by atoms with Crippen LogP contribution in [0, 0.1) is 31.6 Å². The Morgan fingerprint density at radius 1 is 1.19 bits per heavy atom. The van der Waals surface area contributed by atoms with Crippen LogP contribution in [-0.2, 0) is 9.53 Å². The Hall–Kier alpha value is -5.09. The van der Waals surface area contributed by atoms with Crippen LogP contribution in [0.5, 0.6) is 0 Å². The van der Waals surface area contributed by atoms with Crippen LogP contribution in [0.25, 0.3) is 17.5 Å². The standard InChI is InChI=1S/C24H17N5O7S/c1-2-36-24(31)20-19(14-6-4-8-16(11-14)29(34)35)17(12-25)21(26)27-22(30)18(37-23(20)27)10-13-5-3-7-15(9-13)28(32)33/h3-11,19H,2,26H2,1H3/b18-10-/t19-/m1/s1. The number of nitrogens with two attached hydrogens (primary N) is 1. The van der Waals surface area contributed by atoms with Crippen LogP contribution in [0.2, 0.25) is 0 Å². The number of nitrogens with zero attached hydrogens (tertiary/aromatic N) is 4. The molecule has 0 amide bonds. The van der Waals surface area contributed by atoms with E-state index in [9.17, 15) is 35.1 Å². The highest BCUT2D eigenvalue weighted by molar-refractivity contribution is 7.07. The number of hydrogen-bond donors (Lipinski definition) is 1. The van der Waals surface area contributed by atoms with E-state index in [0.717, 1.165) is 15.9 Å². The summed E-state index contributed by atoms with van der Waals surface area (Å²) >= 11 is 0.888. The van der Waals surface area contributed by atoms with Crippen molar-refractivity contribution in [1.82, 2.24) is 4.57 Å². The molecule has 1 atom stereocenters. The molecular formula is C24H17N5O7S. The normalized spacial score (nSPS) is 15.2. The molecule has 0 saturated heterocycles. The molecule has 0 bridgehead atoms. The van der Waals surface area contributed by atoms with E-state index < -0.39 is 27.3 Å². The van der Waals surface area contributed by atoms with Gasteiger partial charge in [-0.2, -0.15) is 5.26 Å². The van der Waals surface area contributed by atoms with Gasteiger partial charge in [-0.3, -0.25) is 29.6 Å². The maximum atomic E-state index is 13.4. The fraction of sp³-hybridized carbons (Fsp3) is 0.125. The second-order valence-corrected chi connectivity index (χ2v) is 8.77. The van der Waals surface area contributed by atoms with Gasteiger partial charge in [0.1, 0.15) is 10.5 Å². The molecule has 0 saturated carbocycles. The molecule has 0 spiro atoms. The second-order valence-electron chi connectivity index (χ2n) is 7.74. The lowest BCUT2D eigenvalue weighted by molar-refractivity contribution is -0.385. The molecule has 2 aromatic carbocycles. The molecule has 1 aliphatic heterocycles. The number of nitro groups is 2. The van der Waals surface area contributed by atoms with Crippen molar-refractivity contribution in [2.45, 2.75) is 12.8 Å². The summed E-state index contributed by atoms with van der Waals surface area (Å²) in [5.74, 6) is -2.19. The van der Waals surface area contributed by atoms with Crippen LogP contribution in [0.4, 0.5) is 11.4 Å². The minimum atomic E-state index is -1.13. The van der Waals surface area contributed by atoms with Crippen LogP contribution in [-0.4, -0.2) is 27.0 Å². The molecule has 13 heteroatoms. The SMILES string of the molecule is CCOC(=O)C1=c2s/c(=C\c3cccc([N+](=O)[O-])c3)c(=O)n2C(N)=C(C#N)[C@H]1c1cccc([N+](=O)[O-])c1. The van der Waals surface area contributed by atoms with E-state index in [1.807, 2.05) is 6.07 Å². The third-order valence-corrected chi connectivity index (χ3v) is 6.67. The van der Waals surface area contributed by atoms with Crippen molar-refractivity contribution in [2.24, 2.45) is 5.73 Å². The smallest absolute Gasteiger partial charge is 0.338 e. The average molecular weight is 519 g/mol. The summed E-state index contributed by atoms with van der Waals surface area (Å²) in [5.41, 5.74) is 5.56. The first-order chi connectivity index (χ1) is 17.7. The van der Waals surface area contributed by atoms with Crippen molar-refractivity contribution < 1.29 is 19.4 Å². The highest BCUT2D eigenvalue weighted by Crippen LogP contribution is 2.37. The van der Waals surface area contributed by atoms with Gasteiger partial charge in [-0.1, -0.05) is 24.3 Å². The number of esters is 1. The van der Waals surface area contributed by atoms with Crippen molar-refractivity contribution >= 4 is 46.2 Å². The summed E-state index contributed by atoms with van der Waals surface area (Å²) in [6.07, 6.45) is 1.41. The second kappa shape index (κ2) is 9.88. The first-order valence-electron chi connectivity index (χ1n) is 10.7. The molecule has 0 radical (unpaired) electrons. The van der Waals surface area contributed by atoms with Crippen LogP contribution in [0.15, 0.2) is 58.9 Å². The van der Waals surface area contributed by atoms with E-state index in [0.29, 0.717) is 5.56 Å². The number of thiazole rings is 1. The molecule has 0 aliphatic carbocycles. The summed E-state index contributed by atoms with van der Waals surface area (Å²) in [5, 5.41) is 32.5. The zero-order valence-electron chi connectivity index (χ0n) is 19.1. The Labute approximate surface area is 211 Å². The van der Waals surface area contributed by atoms with Crippen molar-refractivity contribution in [1.29, 1.82) is 5.26 Å². The number of carbonyl (C=O) groups is 1. The largest absolute Gasteiger partial charge is 0.463 e. The van der Waals surface area contributed by atoms with Crippen LogP contribution >= 0.6 is 11.3 Å². The average Bonchev–Trinajstić information content (AvgIpc) is 3.19. The van der Waals surface area contributed by atoms with Gasteiger partial charge in [0.2, 0.25) is 0 Å². The monoisotopic (exact) mass is 519 g/mol. The first-order valence-corrected chi connectivity index (χ1v) is 11.5. The number of allylic oxidation sites excluding steroid dienone is 1. The molecule has 1 aliphatic rings. The number of fused-ring (bicyclic) bond motifs is 1. The molecule has 2 N–H and O–H groups in total. The Morgan fingerprint density at radius 2 is 1.84 bits per heavy atom. The third-order valence-electron chi connectivity index (χ3n) is 5.56. The number of nitriles is 1. The molecule has 186 valence electrons. The summed E-state index contributed by atoms with van der Waals surface area (Å²) in [6.45, 7) is 1.58. The Kier molecular flexibility index (Phi) is 6.68. The van der Waals surface area contributed by atoms with Gasteiger partial charge < -0.3 is 10.5 Å². The van der Waals surface area contributed by atoms with E-state index in [1.54, 1.807) is 13.0 Å². The van der Waals surface area contributed by atoms with E-state index in [-0.39, 0.29) is 49.7 Å². The zero-order valence-corrected chi connectivity index (χ0v) is 19.9. The first kappa shape index (κ1) is 25.0. The van der Waals surface area contributed by atoms with E-state index in [2.05, 4.69) is 0 Å². The highest BCUT2D eigenvalue weighted by atomic mass is 32.1. The van der Waals surface area contributed by atoms with E-state index >= 15 is 0 Å². The van der Waals surface area contributed by atoms with Crippen LogP contribution in [0.1, 0.15) is 24.0 Å². The fourth-order valence-electron chi connectivity index (χ4n) is 3.98. The molecule has 4 rings (SSSR count). The molecule has 37 heavy (non-hydrogen) atoms. The number of rotatable bonds is 6. The lowest BCUT2D eigenvalue weighted by atomic mass is 9.83. The summed E-state index contributed by atoms with van der Waals surface area (Å²) in [7, 11) is 0. The predicted molar refractivity (Wildman–Crippen MR) is 133 cm³/mol. The number of aromatic nitrogens is 1. The van der Waals surface area contributed by atoms with E-state index in [1.165, 1.54) is 48.5 Å². The van der Waals surface area contributed by atoms with Gasteiger partial charge in [0, 0.05) is 24.3 Å². The summed E-state index contributed by atoms with van der Waals surface area (Å²) in [4.78, 5) is 47.9. The van der Waals surface area contributed by atoms with Gasteiger partial charge in [-0.05, 0) is 24.1 Å². The number of benzene rings is 2. The highest BCUT2D eigenvalue weighted by Gasteiger charge is 2.37. The lowest BCUT2D eigenvalue weighted by Crippen LogP contribution is -2.40.